The number of sulfonamides is 1. The fourth-order valence-corrected chi connectivity index (χ4v) is 4.18. The van der Waals surface area contributed by atoms with Crippen LogP contribution in [0.15, 0.2) is 29.2 Å². The maximum absolute atomic E-state index is 12.8. The molecule has 0 spiro atoms. The Morgan fingerprint density at radius 3 is 2.13 bits per heavy atom. The van der Waals surface area contributed by atoms with Gasteiger partial charge in [-0.3, -0.25) is 4.72 Å². The number of aryl methyl sites for hydroxylation is 4. The first kappa shape index (κ1) is 17.6. The summed E-state index contributed by atoms with van der Waals surface area (Å²) in [5.41, 5.74) is 3.96. The quantitative estimate of drug-likeness (QED) is 0.887. The van der Waals surface area contributed by atoms with Gasteiger partial charge in [0.15, 0.2) is 0 Å². The third kappa shape index (κ3) is 3.62. The molecule has 1 N–H and O–H groups in total. The Morgan fingerprint density at radius 1 is 0.957 bits per heavy atom. The fourth-order valence-electron chi connectivity index (χ4n) is 2.37. The predicted octanol–water partition coefficient (Wildman–Crippen LogP) is 4.38. The maximum Gasteiger partial charge on any atom is 0.265 e. The summed E-state index contributed by atoms with van der Waals surface area (Å²) in [6.07, 6.45) is 0. The molecule has 0 aliphatic carbocycles. The molecule has 0 aliphatic heterocycles. The summed E-state index contributed by atoms with van der Waals surface area (Å²) in [6.45, 7) is 7.48. The highest BCUT2D eigenvalue weighted by molar-refractivity contribution is 7.92. The maximum atomic E-state index is 12.8. The SMILES string of the molecule is COc1cc(C)c(C)cc1S(=O)(=O)Nc1c(C)cc(C)cc1Cl. The average Bonchev–Trinajstić information content (AvgIpc) is 2.45. The number of rotatable bonds is 4. The lowest BCUT2D eigenvalue weighted by molar-refractivity contribution is 0.402. The van der Waals surface area contributed by atoms with Gasteiger partial charge in [-0.2, -0.15) is 0 Å². The molecule has 0 heterocycles. The monoisotopic (exact) mass is 353 g/mol. The third-order valence-electron chi connectivity index (χ3n) is 3.74. The van der Waals surface area contributed by atoms with E-state index in [2.05, 4.69) is 4.72 Å². The summed E-state index contributed by atoms with van der Waals surface area (Å²) >= 11 is 6.20. The molecule has 0 saturated heterocycles. The Balaban J connectivity index is 2.55. The number of halogens is 1. The van der Waals surface area contributed by atoms with Gasteiger partial charge < -0.3 is 4.74 Å². The standard InChI is InChI=1S/C17H20ClNO3S/c1-10-6-13(4)17(14(18)7-10)19-23(20,21)16-9-12(3)11(2)8-15(16)22-5/h6-9,19H,1-5H3. The lowest BCUT2D eigenvalue weighted by Gasteiger charge is -2.16. The van der Waals surface area contributed by atoms with Crippen molar-refractivity contribution in [2.75, 3.05) is 11.8 Å². The lowest BCUT2D eigenvalue weighted by atomic mass is 10.1. The number of methoxy groups -OCH3 is 1. The first-order valence-corrected chi connectivity index (χ1v) is 8.96. The number of anilines is 1. The average molecular weight is 354 g/mol. The van der Waals surface area contributed by atoms with Crippen molar-refractivity contribution in [3.05, 3.63) is 51.5 Å². The minimum absolute atomic E-state index is 0.0964. The smallest absolute Gasteiger partial charge is 0.265 e. The fraction of sp³-hybridized carbons (Fsp3) is 0.294. The highest BCUT2D eigenvalue weighted by Gasteiger charge is 2.22. The van der Waals surface area contributed by atoms with E-state index in [4.69, 9.17) is 16.3 Å². The number of hydrogen-bond donors (Lipinski definition) is 1. The van der Waals surface area contributed by atoms with Gasteiger partial charge in [0.2, 0.25) is 0 Å². The van der Waals surface area contributed by atoms with Crippen LogP contribution in [0.2, 0.25) is 5.02 Å². The van der Waals surface area contributed by atoms with Gasteiger partial charge in [-0.05, 0) is 68.1 Å². The molecule has 0 amide bonds. The van der Waals surface area contributed by atoms with Crippen molar-refractivity contribution in [1.29, 1.82) is 0 Å². The number of ether oxygens (including phenoxy) is 1. The van der Waals surface area contributed by atoms with E-state index in [-0.39, 0.29) is 4.90 Å². The van der Waals surface area contributed by atoms with Crippen molar-refractivity contribution < 1.29 is 13.2 Å². The number of nitrogens with one attached hydrogen (secondary N) is 1. The van der Waals surface area contributed by atoms with E-state index in [1.54, 1.807) is 18.2 Å². The lowest BCUT2D eigenvalue weighted by Crippen LogP contribution is -2.15. The third-order valence-corrected chi connectivity index (χ3v) is 5.41. The Labute approximate surface area is 142 Å². The van der Waals surface area contributed by atoms with Crippen molar-refractivity contribution in [2.45, 2.75) is 32.6 Å². The van der Waals surface area contributed by atoms with Crippen LogP contribution in [0.1, 0.15) is 22.3 Å². The molecule has 2 rings (SSSR count). The molecule has 2 aromatic rings. The number of hydrogen-bond acceptors (Lipinski definition) is 3. The molecular weight excluding hydrogens is 334 g/mol. The first-order chi connectivity index (χ1) is 10.7. The minimum Gasteiger partial charge on any atom is -0.495 e. The summed E-state index contributed by atoms with van der Waals surface area (Å²) in [6, 6.07) is 6.92. The summed E-state index contributed by atoms with van der Waals surface area (Å²) in [5, 5.41) is 0.369. The molecule has 0 aromatic heterocycles. The Morgan fingerprint density at radius 2 is 1.57 bits per heavy atom. The molecule has 124 valence electrons. The van der Waals surface area contributed by atoms with Crippen molar-refractivity contribution >= 4 is 27.3 Å². The zero-order valence-corrected chi connectivity index (χ0v) is 15.4. The second-order valence-electron chi connectivity index (χ2n) is 5.63. The molecule has 23 heavy (non-hydrogen) atoms. The molecule has 6 heteroatoms. The topological polar surface area (TPSA) is 55.4 Å². The first-order valence-electron chi connectivity index (χ1n) is 7.10. The van der Waals surface area contributed by atoms with Gasteiger partial charge >= 0.3 is 0 Å². The molecule has 0 bridgehead atoms. The largest absolute Gasteiger partial charge is 0.495 e. The van der Waals surface area contributed by atoms with Gasteiger partial charge in [0, 0.05) is 0 Å². The zero-order valence-electron chi connectivity index (χ0n) is 13.8. The normalized spacial score (nSPS) is 11.4. The van der Waals surface area contributed by atoms with Crippen LogP contribution >= 0.6 is 11.6 Å². The molecule has 0 unspecified atom stereocenters. The van der Waals surface area contributed by atoms with Crippen molar-refractivity contribution in [3.8, 4) is 5.75 Å². The molecule has 2 aromatic carbocycles. The van der Waals surface area contributed by atoms with Gasteiger partial charge in [-0.25, -0.2) is 8.42 Å². The van der Waals surface area contributed by atoms with Gasteiger partial charge in [-0.1, -0.05) is 17.7 Å². The summed E-state index contributed by atoms with van der Waals surface area (Å²) in [5.74, 6) is 0.307. The summed E-state index contributed by atoms with van der Waals surface area (Å²) in [7, 11) is -2.36. The van der Waals surface area contributed by atoms with E-state index < -0.39 is 10.0 Å². The van der Waals surface area contributed by atoms with Crippen molar-refractivity contribution in [3.63, 3.8) is 0 Å². The van der Waals surface area contributed by atoms with E-state index in [1.165, 1.54) is 7.11 Å². The Kier molecular flexibility index (Phi) is 4.92. The Bertz CT molecular complexity index is 837. The predicted molar refractivity (Wildman–Crippen MR) is 94.2 cm³/mol. The van der Waals surface area contributed by atoms with E-state index >= 15 is 0 Å². The highest BCUT2D eigenvalue weighted by Crippen LogP contribution is 2.33. The van der Waals surface area contributed by atoms with Gasteiger partial charge in [-0.15, -0.1) is 0 Å². The van der Waals surface area contributed by atoms with E-state index in [0.717, 1.165) is 22.3 Å². The van der Waals surface area contributed by atoms with Gasteiger partial charge in [0.05, 0.1) is 17.8 Å². The van der Waals surface area contributed by atoms with Crippen LogP contribution in [-0.2, 0) is 10.0 Å². The molecule has 0 fully saturated rings. The Hall–Kier alpha value is -1.72. The second-order valence-corrected chi connectivity index (χ2v) is 7.69. The van der Waals surface area contributed by atoms with Crippen LogP contribution in [0, 0.1) is 27.7 Å². The van der Waals surface area contributed by atoms with Crippen LogP contribution in [-0.4, -0.2) is 15.5 Å². The summed E-state index contributed by atoms with van der Waals surface area (Å²) < 4.78 is 33.4. The molecular formula is C17H20ClNO3S. The minimum atomic E-state index is -3.81. The van der Waals surface area contributed by atoms with Crippen molar-refractivity contribution in [1.82, 2.24) is 0 Å². The van der Waals surface area contributed by atoms with Crippen molar-refractivity contribution in [2.24, 2.45) is 0 Å². The van der Waals surface area contributed by atoms with Crippen LogP contribution < -0.4 is 9.46 Å². The molecule has 0 saturated carbocycles. The molecule has 4 nitrogen and oxygen atoms in total. The van der Waals surface area contributed by atoms with Crippen LogP contribution in [0.25, 0.3) is 0 Å². The number of benzene rings is 2. The van der Waals surface area contributed by atoms with E-state index in [1.807, 2.05) is 33.8 Å². The second kappa shape index (κ2) is 6.42. The van der Waals surface area contributed by atoms with Crippen LogP contribution in [0.4, 0.5) is 5.69 Å². The van der Waals surface area contributed by atoms with Crippen LogP contribution in [0.5, 0.6) is 5.75 Å². The van der Waals surface area contributed by atoms with Crippen LogP contribution in [0.3, 0.4) is 0 Å². The highest BCUT2D eigenvalue weighted by atomic mass is 35.5. The van der Waals surface area contributed by atoms with E-state index in [0.29, 0.717) is 16.5 Å². The molecule has 0 atom stereocenters. The molecule has 0 aliphatic rings. The van der Waals surface area contributed by atoms with Gasteiger partial charge in [0.25, 0.3) is 10.0 Å². The van der Waals surface area contributed by atoms with E-state index in [9.17, 15) is 8.42 Å². The summed E-state index contributed by atoms with van der Waals surface area (Å²) in [4.78, 5) is 0.0964. The zero-order chi connectivity index (χ0) is 17.4. The molecule has 0 radical (unpaired) electrons. The van der Waals surface area contributed by atoms with Gasteiger partial charge in [0.1, 0.15) is 10.6 Å².